The molecule has 1 aliphatic heterocycles. The van der Waals surface area contributed by atoms with E-state index in [0.29, 0.717) is 22.8 Å². The first kappa shape index (κ1) is 19.6. The van der Waals surface area contributed by atoms with Gasteiger partial charge in [0.2, 0.25) is 11.9 Å². The molecule has 0 saturated carbocycles. The molecule has 0 radical (unpaired) electrons. The Morgan fingerprint density at radius 1 is 1.03 bits per heavy atom. The van der Waals surface area contributed by atoms with Crippen LogP contribution in [-0.4, -0.2) is 39.8 Å². The number of nitrogens with zero attached hydrogens (tertiary/aromatic N) is 3. The van der Waals surface area contributed by atoms with Crippen molar-refractivity contribution in [2.45, 2.75) is 19.8 Å². The highest BCUT2D eigenvalue weighted by Gasteiger charge is 2.19. The van der Waals surface area contributed by atoms with Crippen LogP contribution in [0.5, 0.6) is 0 Å². The molecule has 2 aromatic carbocycles. The topological polar surface area (TPSA) is 101 Å². The van der Waals surface area contributed by atoms with E-state index in [1.54, 1.807) is 24.4 Å². The number of anilines is 2. The SMILES string of the molecule is Cc1c(C(N)=O)cccc1-c1ccnc(Nc2ccc(C(=O)N3CCCC3)cc2)n1. The molecule has 1 saturated heterocycles. The normalized spacial score (nSPS) is 13.3. The van der Waals surface area contributed by atoms with E-state index in [2.05, 4.69) is 15.3 Å². The number of rotatable bonds is 5. The van der Waals surface area contributed by atoms with Crippen LogP contribution in [0.4, 0.5) is 11.6 Å². The third-order valence-electron chi connectivity index (χ3n) is 5.31. The second-order valence-electron chi connectivity index (χ2n) is 7.31. The summed E-state index contributed by atoms with van der Waals surface area (Å²) in [6, 6.07) is 14.5. The molecule has 0 atom stereocenters. The zero-order valence-electron chi connectivity index (χ0n) is 16.8. The van der Waals surface area contributed by atoms with Gasteiger partial charge in [0, 0.05) is 41.7 Å². The number of nitrogens with two attached hydrogens (primary N) is 1. The Morgan fingerprint density at radius 2 is 1.77 bits per heavy atom. The van der Waals surface area contributed by atoms with Gasteiger partial charge in [0.1, 0.15) is 0 Å². The zero-order chi connectivity index (χ0) is 21.1. The van der Waals surface area contributed by atoms with E-state index in [1.165, 1.54) is 0 Å². The molecule has 3 aromatic rings. The lowest BCUT2D eigenvalue weighted by atomic mass is 9.99. The number of carbonyl (C=O) groups is 2. The smallest absolute Gasteiger partial charge is 0.253 e. The lowest BCUT2D eigenvalue weighted by molar-refractivity contribution is 0.0792. The molecule has 4 rings (SSSR count). The monoisotopic (exact) mass is 401 g/mol. The fraction of sp³-hybridized carbons (Fsp3) is 0.217. The maximum Gasteiger partial charge on any atom is 0.253 e. The predicted molar refractivity (Wildman–Crippen MR) is 116 cm³/mol. The molecule has 0 spiro atoms. The summed E-state index contributed by atoms with van der Waals surface area (Å²) < 4.78 is 0. The molecular formula is C23H23N5O2. The van der Waals surface area contributed by atoms with Gasteiger partial charge in [-0.15, -0.1) is 0 Å². The van der Waals surface area contributed by atoms with Crippen molar-refractivity contribution >= 4 is 23.5 Å². The minimum atomic E-state index is -0.467. The van der Waals surface area contributed by atoms with Gasteiger partial charge in [-0.2, -0.15) is 0 Å². The number of hydrogen-bond donors (Lipinski definition) is 2. The summed E-state index contributed by atoms with van der Waals surface area (Å²) >= 11 is 0. The number of nitrogens with one attached hydrogen (secondary N) is 1. The number of aromatic nitrogens is 2. The Labute approximate surface area is 175 Å². The summed E-state index contributed by atoms with van der Waals surface area (Å²) in [5.41, 5.74) is 9.68. The van der Waals surface area contributed by atoms with Gasteiger partial charge < -0.3 is 16.0 Å². The van der Waals surface area contributed by atoms with Crippen molar-refractivity contribution < 1.29 is 9.59 Å². The van der Waals surface area contributed by atoms with Gasteiger partial charge in [0.25, 0.3) is 5.91 Å². The van der Waals surface area contributed by atoms with Crippen LogP contribution < -0.4 is 11.1 Å². The van der Waals surface area contributed by atoms with Crippen LogP contribution in [0.2, 0.25) is 0 Å². The van der Waals surface area contributed by atoms with E-state index < -0.39 is 5.91 Å². The van der Waals surface area contributed by atoms with E-state index in [1.807, 2.05) is 42.2 Å². The summed E-state index contributed by atoms with van der Waals surface area (Å²) in [7, 11) is 0. The molecule has 1 fully saturated rings. The van der Waals surface area contributed by atoms with Crippen molar-refractivity contribution in [1.29, 1.82) is 0 Å². The Morgan fingerprint density at radius 3 is 2.47 bits per heavy atom. The zero-order valence-corrected chi connectivity index (χ0v) is 16.8. The van der Waals surface area contributed by atoms with Crippen molar-refractivity contribution in [3.63, 3.8) is 0 Å². The quantitative estimate of drug-likeness (QED) is 0.681. The van der Waals surface area contributed by atoms with Crippen molar-refractivity contribution in [2.24, 2.45) is 5.73 Å². The number of primary amides is 1. The molecule has 7 heteroatoms. The number of likely N-dealkylation sites (tertiary alicyclic amines) is 1. The molecule has 0 unspecified atom stereocenters. The molecule has 30 heavy (non-hydrogen) atoms. The van der Waals surface area contributed by atoms with Crippen LogP contribution in [0, 0.1) is 6.92 Å². The molecule has 0 bridgehead atoms. The summed E-state index contributed by atoms with van der Waals surface area (Å²) in [5, 5.41) is 3.17. The van der Waals surface area contributed by atoms with Crippen LogP contribution in [-0.2, 0) is 0 Å². The fourth-order valence-corrected chi connectivity index (χ4v) is 3.68. The number of amides is 2. The Balaban J connectivity index is 1.53. The number of benzene rings is 2. The van der Waals surface area contributed by atoms with Gasteiger partial charge in [-0.1, -0.05) is 12.1 Å². The summed E-state index contributed by atoms with van der Waals surface area (Å²) in [5.74, 6) is 0.0300. The largest absolute Gasteiger partial charge is 0.366 e. The lowest BCUT2D eigenvalue weighted by Gasteiger charge is -2.15. The van der Waals surface area contributed by atoms with Crippen LogP contribution in [0.25, 0.3) is 11.3 Å². The molecule has 1 aliphatic rings. The van der Waals surface area contributed by atoms with E-state index in [4.69, 9.17) is 5.73 Å². The highest BCUT2D eigenvalue weighted by molar-refractivity contribution is 5.96. The van der Waals surface area contributed by atoms with Crippen molar-refractivity contribution in [1.82, 2.24) is 14.9 Å². The summed E-state index contributed by atoms with van der Waals surface area (Å²) in [4.78, 5) is 34.8. The van der Waals surface area contributed by atoms with E-state index in [9.17, 15) is 9.59 Å². The number of carbonyl (C=O) groups excluding carboxylic acids is 2. The molecule has 3 N–H and O–H groups in total. The van der Waals surface area contributed by atoms with E-state index in [-0.39, 0.29) is 5.91 Å². The average Bonchev–Trinajstić information content (AvgIpc) is 3.29. The minimum Gasteiger partial charge on any atom is -0.366 e. The lowest BCUT2D eigenvalue weighted by Crippen LogP contribution is -2.27. The van der Waals surface area contributed by atoms with Gasteiger partial charge in [0.15, 0.2) is 0 Å². The first-order valence-electron chi connectivity index (χ1n) is 9.92. The molecule has 152 valence electrons. The molecule has 7 nitrogen and oxygen atoms in total. The van der Waals surface area contributed by atoms with Gasteiger partial charge in [0.05, 0.1) is 5.69 Å². The fourth-order valence-electron chi connectivity index (χ4n) is 3.68. The minimum absolute atomic E-state index is 0.0714. The van der Waals surface area contributed by atoms with E-state index >= 15 is 0 Å². The molecule has 0 aliphatic carbocycles. The van der Waals surface area contributed by atoms with Crippen LogP contribution in [0.3, 0.4) is 0 Å². The van der Waals surface area contributed by atoms with Crippen molar-refractivity contribution in [3.8, 4) is 11.3 Å². The second kappa shape index (κ2) is 8.32. The molecule has 2 heterocycles. The van der Waals surface area contributed by atoms with Crippen LogP contribution in [0.1, 0.15) is 39.1 Å². The van der Waals surface area contributed by atoms with Gasteiger partial charge in [-0.05, 0) is 61.7 Å². The van der Waals surface area contributed by atoms with E-state index in [0.717, 1.165) is 42.7 Å². The summed E-state index contributed by atoms with van der Waals surface area (Å²) in [6.45, 7) is 3.51. The van der Waals surface area contributed by atoms with Gasteiger partial charge in [-0.25, -0.2) is 9.97 Å². The molecular weight excluding hydrogens is 378 g/mol. The summed E-state index contributed by atoms with van der Waals surface area (Å²) in [6.07, 6.45) is 3.80. The van der Waals surface area contributed by atoms with Crippen molar-refractivity contribution in [3.05, 3.63) is 71.4 Å². The van der Waals surface area contributed by atoms with Crippen molar-refractivity contribution in [2.75, 3.05) is 18.4 Å². The molecule has 2 amide bonds. The van der Waals surface area contributed by atoms with Crippen LogP contribution >= 0.6 is 0 Å². The Hall–Kier alpha value is -3.74. The molecule has 1 aromatic heterocycles. The van der Waals surface area contributed by atoms with Gasteiger partial charge in [-0.3, -0.25) is 9.59 Å². The average molecular weight is 401 g/mol. The first-order chi connectivity index (χ1) is 14.5. The maximum absolute atomic E-state index is 12.5. The highest BCUT2D eigenvalue weighted by atomic mass is 16.2. The van der Waals surface area contributed by atoms with Gasteiger partial charge >= 0.3 is 0 Å². The third-order valence-corrected chi connectivity index (χ3v) is 5.31. The maximum atomic E-state index is 12.5. The second-order valence-corrected chi connectivity index (χ2v) is 7.31. The Kier molecular flexibility index (Phi) is 5.43. The van der Waals surface area contributed by atoms with Crippen LogP contribution in [0.15, 0.2) is 54.7 Å². The Bertz CT molecular complexity index is 1090. The highest BCUT2D eigenvalue weighted by Crippen LogP contribution is 2.25. The standard InChI is InChI=1S/C23H23N5O2/c1-15-18(5-4-6-19(15)21(24)29)20-11-12-25-23(27-20)26-17-9-7-16(8-10-17)22(30)28-13-2-3-14-28/h4-12H,2-3,13-14H2,1H3,(H2,24,29)(H,25,26,27). The number of hydrogen-bond acceptors (Lipinski definition) is 5. The predicted octanol–water partition coefficient (Wildman–Crippen LogP) is 3.53. The third kappa shape index (κ3) is 4.00. The first-order valence-corrected chi connectivity index (χ1v) is 9.92.